The molecule has 0 aliphatic heterocycles. The summed E-state index contributed by atoms with van der Waals surface area (Å²) in [7, 11) is 0. The molecular weight excluding hydrogens is 1410 g/mol. The maximum atomic E-state index is 15.5. The largest absolute Gasteiger partial charge is 0.508 e. The van der Waals surface area contributed by atoms with E-state index in [2.05, 4.69) is 126 Å². The number of fused-ring (bicyclic) bond motifs is 3. The van der Waals surface area contributed by atoms with E-state index < -0.39 is 17.2 Å². The van der Waals surface area contributed by atoms with E-state index in [4.69, 9.17) is 25.7 Å². The van der Waals surface area contributed by atoms with Crippen LogP contribution < -0.4 is 10.6 Å². The van der Waals surface area contributed by atoms with Gasteiger partial charge in [-0.05, 0) is 394 Å². The standard InChI is InChI=1S/C107H108N2O6/c1-13-63-19-17-21-69(31-63)93(114)108-91-75(15-3)87(112)29-25-77(91)79-37-73(110)23-27-81(79)107(82-28-24-74(111)38-80(82)78-26-30-88(113)76(16-4)92(78)109-94(115)70-22-18-20-64(14-2)32-70)85-35-71(103-47-65-39-95(5,55-103)51-96(6,40-65)56-103)33-83(105-49-67-43-99(9,59-105)53-100(10,44-67)60-105)89(85)90-84(106-50-68-45-101(11,61-106)54-102(12,46-68)62-106)34-72(36-86(90)107)104-48-66-41-97(7,57-104)52-98(8,42-66)58-104/h1-4,17-38,65-68,110-113H,39-62H2,5-12H3,(H,108,114)(H,109,115). The van der Waals surface area contributed by atoms with E-state index >= 15 is 9.59 Å². The summed E-state index contributed by atoms with van der Waals surface area (Å²) in [6, 6.07) is 43.8. The smallest absolute Gasteiger partial charge is 0.255 e. The SMILES string of the molecule is C#Cc1cccc(C(=O)Nc2c(-c3cc(O)ccc3C3(c4ccc(O)cc4-c4ccc(O)c(C#C)c4NC(=O)c4cccc(C#C)c4)c4cc(C56CC7CC(C)(CC(C)(C7)C5)C6)cc(C56CC7CC(C)(CC(C)(C7)C5)C6)c4-c4c(C56CC7CC(C)(CC(C)(C7)C5)C6)cc(C56CC7CC(C)(CC(C)(C7)C5)C6)cc43)ccc(O)c2C#C)c1. The molecule has 0 heterocycles. The van der Waals surface area contributed by atoms with Gasteiger partial charge in [-0.1, -0.05) is 128 Å². The molecule has 582 valence electrons. The van der Waals surface area contributed by atoms with Crippen LogP contribution in [0.15, 0.2) is 133 Å². The van der Waals surface area contributed by atoms with Crippen LogP contribution in [0.5, 0.6) is 23.0 Å². The highest BCUT2D eigenvalue weighted by Crippen LogP contribution is 2.79. The molecule has 115 heavy (non-hydrogen) atoms. The highest BCUT2D eigenvalue weighted by atomic mass is 16.3. The fourth-order valence-electron chi connectivity index (χ4n) is 34.0. The molecule has 8 unspecified atom stereocenters. The molecule has 8 heteroatoms. The Bertz CT molecular complexity index is 5440. The maximum Gasteiger partial charge on any atom is 0.255 e. The van der Waals surface area contributed by atoms with Crippen molar-refractivity contribution in [2.45, 2.75) is 237 Å². The zero-order valence-electron chi connectivity index (χ0n) is 68.4. The summed E-state index contributed by atoms with van der Waals surface area (Å²) in [6.45, 7) is 21.1. The number of benzene rings is 8. The quantitative estimate of drug-likeness (QED) is 0.0674. The first-order valence-corrected chi connectivity index (χ1v) is 43.1. The van der Waals surface area contributed by atoms with Crippen LogP contribution >= 0.6 is 0 Å². The topological polar surface area (TPSA) is 139 Å². The average Bonchev–Trinajstić information content (AvgIpc) is 1.50. The van der Waals surface area contributed by atoms with Gasteiger partial charge < -0.3 is 31.1 Å². The summed E-state index contributed by atoms with van der Waals surface area (Å²) in [4.78, 5) is 31.0. The van der Waals surface area contributed by atoms with Gasteiger partial charge in [0.05, 0.1) is 27.9 Å². The van der Waals surface area contributed by atoms with Crippen LogP contribution in [0.25, 0.3) is 33.4 Å². The predicted molar refractivity (Wildman–Crippen MR) is 458 cm³/mol. The first-order chi connectivity index (χ1) is 54.6. The van der Waals surface area contributed by atoms with Gasteiger partial charge >= 0.3 is 0 Å². The number of rotatable bonds is 12. The Morgan fingerprint density at radius 3 is 0.957 bits per heavy atom. The fourth-order valence-corrected chi connectivity index (χ4v) is 34.0. The van der Waals surface area contributed by atoms with Crippen LogP contribution in [0.1, 0.15) is 297 Å². The van der Waals surface area contributed by atoms with Crippen molar-refractivity contribution in [2.24, 2.45) is 67.0 Å². The van der Waals surface area contributed by atoms with Crippen molar-refractivity contribution in [3.8, 4) is 106 Å². The van der Waals surface area contributed by atoms with Gasteiger partial charge in [0.1, 0.15) is 23.0 Å². The number of hydrogen-bond donors (Lipinski definition) is 6. The molecule has 6 N–H and O–H groups in total. The summed E-state index contributed by atoms with van der Waals surface area (Å²) < 4.78 is 0. The first-order valence-electron chi connectivity index (χ1n) is 43.1. The van der Waals surface area contributed by atoms with Crippen molar-refractivity contribution >= 4 is 23.2 Å². The number of carbonyl (C=O) groups is 2. The van der Waals surface area contributed by atoms with E-state index in [9.17, 15) is 20.4 Å². The van der Waals surface area contributed by atoms with Gasteiger partial charge in [0.15, 0.2) is 0 Å². The monoisotopic (exact) mass is 1520 g/mol. The fraction of sp³-hybridized carbons (Fsp3) is 0.458. The second-order valence-corrected chi connectivity index (χ2v) is 44.2. The van der Waals surface area contributed by atoms with E-state index in [-0.39, 0.29) is 110 Å². The molecule has 8 nitrogen and oxygen atoms in total. The van der Waals surface area contributed by atoms with E-state index in [1.54, 1.807) is 60.7 Å². The average molecular weight is 1520 g/mol. The normalized spacial score (nSPS) is 36.2. The number of anilines is 2. The first kappa shape index (κ1) is 72.8. The Morgan fingerprint density at radius 2 is 0.643 bits per heavy atom. The van der Waals surface area contributed by atoms with Crippen molar-refractivity contribution in [3.63, 3.8) is 0 Å². The molecule has 0 aromatic heterocycles. The van der Waals surface area contributed by atoms with Crippen LogP contribution in [0.3, 0.4) is 0 Å². The highest BCUT2D eigenvalue weighted by molar-refractivity contribution is 6.10. The van der Waals surface area contributed by atoms with Crippen molar-refractivity contribution < 1.29 is 30.0 Å². The lowest BCUT2D eigenvalue weighted by Gasteiger charge is -2.67. The van der Waals surface area contributed by atoms with Gasteiger partial charge in [0.25, 0.3) is 11.8 Å². The number of hydrogen-bond acceptors (Lipinski definition) is 6. The molecule has 0 radical (unpaired) electrons. The summed E-state index contributed by atoms with van der Waals surface area (Å²) >= 11 is 0. The van der Waals surface area contributed by atoms with E-state index in [0.717, 1.165) is 99.3 Å². The van der Waals surface area contributed by atoms with Gasteiger partial charge in [-0.25, -0.2) is 0 Å². The number of aromatic hydroxyl groups is 4. The third-order valence-corrected chi connectivity index (χ3v) is 33.3. The van der Waals surface area contributed by atoms with E-state index in [1.807, 2.05) is 36.4 Å². The molecule has 0 saturated heterocycles. The number of nitrogens with one attached hydrogen (secondary N) is 2. The van der Waals surface area contributed by atoms with Gasteiger partial charge in [-0.2, -0.15) is 0 Å². The number of amides is 2. The van der Waals surface area contributed by atoms with Crippen LogP contribution in [-0.4, -0.2) is 32.2 Å². The lowest BCUT2D eigenvalue weighted by atomic mass is 9.37. The minimum absolute atomic E-state index is 0.0252. The summed E-state index contributed by atoms with van der Waals surface area (Å²) in [5.74, 6) is 11.9. The lowest BCUT2D eigenvalue weighted by Crippen LogP contribution is -2.58. The highest BCUT2D eigenvalue weighted by Gasteiger charge is 2.69. The zero-order chi connectivity index (χ0) is 79.7. The minimum Gasteiger partial charge on any atom is -0.508 e. The number of phenolic OH excluding ortho intramolecular Hbond substituents is 4. The molecule has 16 bridgehead atoms. The number of carbonyl (C=O) groups excluding carboxylic acids is 2. The molecule has 16 fully saturated rings. The third-order valence-electron chi connectivity index (χ3n) is 33.3. The second-order valence-electron chi connectivity index (χ2n) is 44.2. The minimum atomic E-state index is -1.49. The zero-order valence-corrected chi connectivity index (χ0v) is 68.4. The number of terminal acetylenes is 4. The van der Waals surface area contributed by atoms with Crippen LogP contribution in [-0.2, 0) is 27.1 Å². The Balaban J connectivity index is 0.973. The Hall–Kier alpha value is -9.86. The van der Waals surface area contributed by atoms with Crippen LogP contribution in [0.2, 0.25) is 0 Å². The summed E-state index contributed by atoms with van der Waals surface area (Å²) in [5.41, 5.74) is 14.9. The molecular formula is C107H108N2O6. The van der Waals surface area contributed by atoms with Crippen molar-refractivity contribution in [3.05, 3.63) is 211 Å². The third kappa shape index (κ3) is 10.7. The van der Waals surface area contributed by atoms with Gasteiger partial charge in [-0.3, -0.25) is 9.59 Å². The molecule has 25 rings (SSSR count). The Labute approximate surface area is 680 Å². The van der Waals surface area contributed by atoms with Crippen LogP contribution in [0, 0.1) is 116 Å². The predicted octanol–water partition coefficient (Wildman–Crippen LogP) is 23.6. The van der Waals surface area contributed by atoms with Crippen molar-refractivity contribution in [1.29, 1.82) is 0 Å². The van der Waals surface area contributed by atoms with E-state index in [1.165, 1.54) is 110 Å². The van der Waals surface area contributed by atoms with Gasteiger partial charge in [0.2, 0.25) is 0 Å². The Kier molecular flexibility index (Phi) is 15.0. The van der Waals surface area contributed by atoms with E-state index in [0.29, 0.717) is 68.2 Å². The molecule has 17 aliphatic carbocycles. The van der Waals surface area contributed by atoms with Crippen molar-refractivity contribution in [2.75, 3.05) is 10.6 Å². The number of phenols is 4. The molecule has 8 atom stereocenters. The second kappa shape index (κ2) is 23.7. The van der Waals surface area contributed by atoms with Gasteiger partial charge in [0, 0.05) is 33.4 Å². The molecule has 8 aromatic rings. The molecule has 16 saturated carbocycles. The summed E-state index contributed by atoms with van der Waals surface area (Å²) in [5, 5.41) is 57.4. The molecule has 8 aromatic carbocycles. The maximum absolute atomic E-state index is 15.5. The molecule has 0 spiro atoms. The molecule has 2 amide bonds. The Morgan fingerprint density at radius 1 is 0.330 bits per heavy atom. The summed E-state index contributed by atoms with van der Waals surface area (Å²) in [6.07, 6.45) is 53.2. The van der Waals surface area contributed by atoms with Gasteiger partial charge in [-0.15, -0.1) is 25.7 Å². The molecule has 17 aliphatic rings. The lowest BCUT2D eigenvalue weighted by molar-refractivity contribution is -0.112. The van der Waals surface area contributed by atoms with Crippen molar-refractivity contribution in [1.82, 2.24) is 0 Å². The van der Waals surface area contributed by atoms with Crippen LogP contribution in [0.4, 0.5) is 11.4 Å².